The van der Waals surface area contributed by atoms with Crippen LogP contribution in [-0.4, -0.2) is 37.2 Å². The zero-order valence-electron chi connectivity index (χ0n) is 9.42. The van der Waals surface area contributed by atoms with Crippen molar-refractivity contribution in [2.75, 3.05) is 20.2 Å². The number of ether oxygens (including phenoxy) is 1. The highest BCUT2D eigenvalue weighted by Crippen LogP contribution is 2.25. The van der Waals surface area contributed by atoms with Crippen LogP contribution in [0.5, 0.6) is 0 Å². The van der Waals surface area contributed by atoms with Crippen molar-refractivity contribution in [2.45, 2.75) is 45.8 Å². The SMILES string of the molecule is CC[C@H]1CCN(C)[C@@H]1COC(C)C. The number of likely N-dealkylation sites (tertiary alicyclic amines) is 1. The van der Waals surface area contributed by atoms with Crippen molar-refractivity contribution in [1.82, 2.24) is 4.90 Å². The van der Waals surface area contributed by atoms with Crippen LogP contribution in [0.1, 0.15) is 33.6 Å². The second-order valence-electron chi connectivity index (χ2n) is 4.39. The van der Waals surface area contributed by atoms with Crippen molar-refractivity contribution < 1.29 is 4.74 Å². The van der Waals surface area contributed by atoms with Gasteiger partial charge in [-0.05, 0) is 39.8 Å². The fraction of sp³-hybridized carbons (Fsp3) is 1.00. The quantitative estimate of drug-likeness (QED) is 0.665. The normalized spacial score (nSPS) is 30.2. The van der Waals surface area contributed by atoms with Crippen LogP contribution in [0.25, 0.3) is 0 Å². The van der Waals surface area contributed by atoms with Gasteiger partial charge in [0.15, 0.2) is 0 Å². The van der Waals surface area contributed by atoms with E-state index in [1.807, 2.05) is 0 Å². The second-order valence-corrected chi connectivity index (χ2v) is 4.39. The Morgan fingerprint density at radius 1 is 1.46 bits per heavy atom. The van der Waals surface area contributed by atoms with Gasteiger partial charge in [-0.1, -0.05) is 13.3 Å². The van der Waals surface area contributed by atoms with Crippen LogP contribution in [0.4, 0.5) is 0 Å². The van der Waals surface area contributed by atoms with Crippen LogP contribution >= 0.6 is 0 Å². The Balaban J connectivity index is 2.35. The summed E-state index contributed by atoms with van der Waals surface area (Å²) in [5, 5.41) is 0. The fourth-order valence-corrected chi connectivity index (χ4v) is 2.12. The molecular weight excluding hydrogens is 162 g/mol. The smallest absolute Gasteiger partial charge is 0.0627 e. The van der Waals surface area contributed by atoms with Gasteiger partial charge in [0.2, 0.25) is 0 Å². The molecule has 0 saturated carbocycles. The largest absolute Gasteiger partial charge is 0.377 e. The topological polar surface area (TPSA) is 12.5 Å². The molecule has 0 radical (unpaired) electrons. The van der Waals surface area contributed by atoms with E-state index in [0.29, 0.717) is 12.1 Å². The molecule has 2 heteroatoms. The average molecular weight is 185 g/mol. The number of hydrogen-bond acceptors (Lipinski definition) is 2. The Morgan fingerprint density at radius 2 is 2.15 bits per heavy atom. The highest BCUT2D eigenvalue weighted by Gasteiger charge is 2.30. The summed E-state index contributed by atoms with van der Waals surface area (Å²) in [6.45, 7) is 8.65. The van der Waals surface area contributed by atoms with E-state index in [2.05, 4.69) is 32.7 Å². The van der Waals surface area contributed by atoms with E-state index in [-0.39, 0.29) is 0 Å². The van der Waals surface area contributed by atoms with E-state index in [9.17, 15) is 0 Å². The molecule has 0 unspecified atom stereocenters. The summed E-state index contributed by atoms with van der Waals surface area (Å²) in [6, 6.07) is 0.660. The van der Waals surface area contributed by atoms with Gasteiger partial charge in [0.1, 0.15) is 0 Å². The van der Waals surface area contributed by atoms with Crippen molar-refractivity contribution in [3.8, 4) is 0 Å². The minimum absolute atomic E-state index is 0.367. The van der Waals surface area contributed by atoms with Crippen molar-refractivity contribution in [3.05, 3.63) is 0 Å². The number of hydrogen-bond donors (Lipinski definition) is 0. The molecule has 1 aliphatic heterocycles. The van der Waals surface area contributed by atoms with Gasteiger partial charge in [0, 0.05) is 6.04 Å². The van der Waals surface area contributed by atoms with Crippen molar-refractivity contribution in [2.24, 2.45) is 5.92 Å². The Labute approximate surface area is 82.3 Å². The minimum Gasteiger partial charge on any atom is -0.377 e. The van der Waals surface area contributed by atoms with Crippen LogP contribution in [0.2, 0.25) is 0 Å². The Kier molecular flexibility index (Phi) is 4.20. The van der Waals surface area contributed by atoms with Gasteiger partial charge in [0.25, 0.3) is 0 Å². The summed E-state index contributed by atoms with van der Waals surface area (Å²) in [4.78, 5) is 2.44. The molecule has 1 aliphatic rings. The standard InChI is InChI=1S/C11H23NO/c1-5-10-6-7-12(4)11(10)8-13-9(2)3/h9-11H,5-8H2,1-4H3/t10-,11+/m0/s1. The molecular formula is C11H23NO. The van der Waals surface area contributed by atoms with Crippen LogP contribution in [-0.2, 0) is 4.74 Å². The van der Waals surface area contributed by atoms with E-state index in [1.54, 1.807) is 0 Å². The number of nitrogens with zero attached hydrogens (tertiary/aromatic N) is 1. The molecule has 2 atom stereocenters. The van der Waals surface area contributed by atoms with E-state index in [0.717, 1.165) is 12.5 Å². The monoisotopic (exact) mass is 185 g/mol. The summed E-state index contributed by atoms with van der Waals surface area (Å²) in [5.74, 6) is 0.851. The van der Waals surface area contributed by atoms with E-state index >= 15 is 0 Å². The molecule has 0 spiro atoms. The van der Waals surface area contributed by atoms with Crippen molar-refractivity contribution in [1.29, 1.82) is 0 Å². The molecule has 1 rings (SSSR count). The van der Waals surface area contributed by atoms with Crippen LogP contribution < -0.4 is 0 Å². The Bertz CT molecular complexity index is 147. The first-order valence-electron chi connectivity index (χ1n) is 5.47. The Morgan fingerprint density at radius 3 is 2.69 bits per heavy atom. The van der Waals surface area contributed by atoms with Crippen LogP contribution in [0.3, 0.4) is 0 Å². The molecule has 0 aromatic heterocycles. The van der Waals surface area contributed by atoms with Crippen molar-refractivity contribution >= 4 is 0 Å². The molecule has 13 heavy (non-hydrogen) atoms. The molecule has 2 nitrogen and oxygen atoms in total. The summed E-state index contributed by atoms with van der Waals surface area (Å²) in [7, 11) is 2.21. The van der Waals surface area contributed by atoms with Crippen molar-refractivity contribution in [3.63, 3.8) is 0 Å². The average Bonchev–Trinajstić information content (AvgIpc) is 2.43. The summed E-state index contributed by atoms with van der Waals surface area (Å²) < 4.78 is 5.69. The summed E-state index contributed by atoms with van der Waals surface area (Å²) in [6.07, 6.45) is 3.00. The van der Waals surface area contributed by atoms with Crippen LogP contribution in [0, 0.1) is 5.92 Å². The van der Waals surface area contributed by atoms with Gasteiger partial charge in [0.05, 0.1) is 12.7 Å². The van der Waals surface area contributed by atoms with E-state index in [1.165, 1.54) is 19.4 Å². The van der Waals surface area contributed by atoms with Gasteiger partial charge < -0.3 is 9.64 Å². The summed E-state index contributed by atoms with van der Waals surface area (Å²) >= 11 is 0. The molecule has 1 heterocycles. The lowest BCUT2D eigenvalue weighted by atomic mass is 9.98. The highest BCUT2D eigenvalue weighted by molar-refractivity contribution is 4.84. The highest BCUT2D eigenvalue weighted by atomic mass is 16.5. The lowest BCUT2D eigenvalue weighted by molar-refractivity contribution is 0.0322. The van der Waals surface area contributed by atoms with Gasteiger partial charge in [-0.25, -0.2) is 0 Å². The first-order chi connectivity index (χ1) is 6.15. The molecule has 1 saturated heterocycles. The summed E-state index contributed by atoms with van der Waals surface area (Å²) in [5.41, 5.74) is 0. The molecule has 0 aromatic carbocycles. The lowest BCUT2D eigenvalue weighted by Gasteiger charge is -2.25. The molecule has 0 bridgehead atoms. The first kappa shape index (κ1) is 11.0. The van der Waals surface area contributed by atoms with Gasteiger partial charge in [-0.2, -0.15) is 0 Å². The predicted octanol–water partition coefficient (Wildman–Crippen LogP) is 2.14. The molecule has 0 aliphatic carbocycles. The molecule has 0 N–H and O–H groups in total. The molecule has 0 amide bonds. The van der Waals surface area contributed by atoms with Gasteiger partial charge >= 0.3 is 0 Å². The van der Waals surface area contributed by atoms with E-state index < -0.39 is 0 Å². The third-order valence-electron chi connectivity index (χ3n) is 3.09. The second kappa shape index (κ2) is 4.97. The van der Waals surface area contributed by atoms with Crippen LogP contribution in [0.15, 0.2) is 0 Å². The number of rotatable bonds is 4. The third-order valence-corrected chi connectivity index (χ3v) is 3.09. The predicted molar refractivity (Wildman–Crippen MR) is 55.9 cm³/mol. The maximum absolute atomic E-state index is 5.69. The molecule has 1 fully saturated rings. The maximum Gasteiger partial charge on any atom is 0.0627 e. The van der Waals surface area contributed by atoms with Gasteiger partial charge in [-0.15, -0.1) is 0 Å². The Hall–Kier alpha value is -0.0800. The molecule has 78 valence electrons. The third kappa shape index (κ3) is 2.96. The lowest BCUT2D eigenvalue weighted by Crippen LogP contribution is -2.34. The zero-order valence-corrected chi connectivity index (χ0v) is 9.42. The maximum atomic E-state index is 5.69. The molecule has 0 aromatic rings. The fourth-order valence-electron chi connectivity index (χ4n) is 2.12. The zero-order chi connectivity index (χ0) is 9.84. The van der Waals surface area contributed by atoms with Gasteiger partial charge in [-0.3, -0.25) is 0 Å². The first-order valence-corrected chi connectivity index (χ1v) is 5.47. The van der Waals surface area contributed by atoms with E-state index in [4.69, 9.17) is 4.74 Å². The number of likely N-dealkylation sites (N-methyl/N-ethyl adjacent to an activating group) is 1. The minimum atomic E-state index is 0.367.